The van der Waals surface area contributed by atoms with Gasteiger partial charge in [-0.1, -0.05) is 0 Å². The molecule has 1 amide bonds. The molecule has 0 radical (unpaired) electrons. The molecule has 0 aliphatic carbocycles. The van der Waals surface area contributed by atoms with E-state index in [0.717, 1.165) is 12.3 Å². The zero-order valence-electron chi connectivity index (χ0n) is 9.06. The van der Waals surface area contributed by atoms with Crippen LogP contribution in [-0.4, -0.2) is 41.7 Å². The molecule has 1 saturated heterocycles. The fourth-order valence-electron chi connectivity index (χ4n) is 1.89. The third-order valence-corrected chi connectivity index (χ3v) is 2.73. The molecule has 0 aromatic carbocycles. The van der Waals surface area contributed by atoms with Crippen molar-refractivity contribution < 1.29 is 14.3 Å². The van der Waals surface area contributed by atoms with Gasteiger partial charge in [-0.05, 0) is 18.6 Å². The number of amides is 1. The van der Waals surface area contributed by atoms with Crippen molar-refractivity contribution in [1.29, 1.82) is 0 Å². The first-order chi connectivity index (χ1) is 7.81. The highest BCUT2D eigenvalue weighted by Gasteiger charge is 2.27. The van der Waals surface area contributed by atoms with Crippen LogP contribution in [-0.2, 0) is 11.3 Å². The van der Waals surface area contributed by atoms with Gasteiger partial charge in [-0.25, -0.2) is 0 Å². The summed E-state index contributed by atoms with van der Waals surface area (Å²) in [5, 5.41) is 11.9. The molecule has 2 N–H and O–H groups in total. The molecule has 5 nitrogen and oxygen atoms in total. The van der Waals surface area contributed by atoms with Crippen LogP contribution in [0.5, 0.6) is 0 Å². The Morgan fingerprint density at radius 3 is 3.19 bits per heavy atom. The van der Waals surface area contributed by atoms with Crippen molar-refractivity contribution in [3.63, 3.8) is 0 Å². The fraction of sp³-hybridized carbons (Fsp3) is 0.545. The number of furan rings is 1. The fourth-order valence-corrected chi connectivity index (χ4v) is 1.89. The van der Waals surface area contributed by atoms with Crippen LogP contribution in [0, 0.1) is 0 Å². The third kappa shape index (κ3) is 2.43. The summed E-state index contributed by atoms with van der Waals surface area (Å²) in [6, 6.07) is 3.41. The number of aliphatic hydroxyl groups excluding tert-OH is 1. The second kappa shape index (κ2) is 5.14. The molecule has 16 heavy (non-hydrogen) atoms. The Bertz CT molecular complexity index is 335. The largest absolute Gasteiger partial charge is 0.467 e. The van der Waals surface area contributed by atoms with Gasteiger partial charge in [-0.3, -0.25) is 4.79 Å². The first-order valence-corrected chi connectivity index (χ1v) is 5.46. The van der Waals surface area contributed by atoms with E-state index in [9.17, 15) is 4.79 Å². The second-order valence-corrected chi connectivity index (χ2v) is 3.86. The molecular formula is C11H16N2O3. The number of piperazine rings is 1. The number of carbonyl (C=O) groups is 1. The lowest BCUT2D eigenvalue weighted by molar-refractivity contribution is -0.137. The molecule has 2 rings (SSSR count). The smallest absolute Gasteiger partial charge is 0.240 e. The van der Waals surface area contributed by atoms with Gasteiger partial charge < -0.3 is 19.7 Å². The summed E-state index contributed by atoms with van der Waals surface area (Å²) in [5.41, 5.74) is 0. The van der Waals surface area contributed by atoms with Crippen LogP contribution in [0.2, 0.25) is 0 Å². The van der Waals surface area contributed by atoms with Crippen LogP contribution in [0.25, 0.3) is 0 Å². The molecule has 2 heterocycles. The van der Waals surface area contributed by atoms with Crippen LogP contribution in [0.4, 0.5) is 0 Å². The van der Waals surface area contributed by atoms with Gasteiger partial charge in [0.2, 0.25) is 5.91 Å². The maximum absolute atomic E-state index is 12.0. The van der Waals surface area contributed by atoms with Gasteiger partial charge in [-0.15, -0.1) is 0 Å². The third-order valence-electron chi connectivity index (χ3n) is 2.73. The predicted octanol–water partition coefficient (Wildman–Crippen LogP) is -0.0376. The van der Waals surface area contributed by atoms with Crippen molar-refractivity contribution in [1.82, 2.24) is 10.2 Å². The molecule has 5 heteroatoms. The van der Waals surface area contributed by atoms with Gasteiger partial charge in [0.05, 0.1) is 18.8 Å². The van der Waals surface area contributed by atoms with Gasteiger partial charge in [-0.2, -0.15) is 0 Å². The number of nitrogens with zero attached hydrogens (tertiary/aromatic N) is 1. The Morgan fingerprint density at radius 2 is 2.50 bits per heavy atom. The predicted molar refractivity (Wildman–Crippen MR) is 57.6 cm³/mol. The Kier molecular flexibility index (Phi) is 3.58. The van der Waals surface area contributed by atoms with E-state index in [-0.39, 0.29) is 18.6 Å². The standard InChI is InChI=1S/C11H16N2O3/c14-6-3-10-11(15)13(5-4-12-10)8-9-2-1-7-16-9/h1-2,7,10,12,14H,3-6,8H2. The average molecular weight is 224 g/mol. The first kappa shape index (κ1) is 11.2. The number of aliphatic hydroxyl groups is 1. The molecule has 0 saturated carbocycles. The zero-order chi connectivity index (χ0) is 11.4. The van der Waals surface area contributed by atoms with Crippen molar-refractivity contribution >= 4 is 5.91 Å². The molecule has 1 aliphatic rings. The summed E-state index contributed by atoms with van der Waals surface area (Å²) in [6.07, 6.45) is 2.07. The molecule has 0 spiro atoms. The maximum atomic E-state index is 12.0. The van der Waals surface area contributed by atoms with Crippen LogP contribution in [0.3, 0.4) is 0 Å². The van der Waals surface area contributed by atoms with Crippen molar-refractivity contribution in [2.24, 2.45) is 0 Å². The molecule has 0 bridgehead atoms. The van der Waals surface area contributed by atoms with Crippen molar-refractivity contribution in [3.8, 4) is 0 Å². The number of hydrogen-bond donors (Lipinski definition) is 2. The average Bonchev–Trinajstić information content (AvgIpc) is 2.77. The van der Waals surface area contributed by atoms with Gasteiger partial charge in [0.1, 0.15) is 5.76 Å². The number of carbonyl (C=O) groups excluding carboxylic acids is 1. The van der Waals surface area contributed by atoms with Crippen LogP contribution >= 0.6 is 0 Å². The summed E-state index contributed by atoms with van der Waals surface area (Å²) < 4.78 is 5.22. The quantitative estimate of drug-likeness (QED) is 0.753. The Morgan fingerprint density at radius 1 is 1.62 bits per heavy atom. The first-order valence-electron chi connectivity index (χ1n) is 5.46. The summed E-state index contributed by atoms with van der Waals surface area (Å²) in [7, 11) is 0. The second-order valence-electron chi connectivity index (χ2n) is 3.86. The molecular weight excluding hydrogens is 208 g/mol. The van der Waals surface area contributed by atoms with Gasteiger partial charge >= 0.3 is 0 Å². The zero-order valence-corrected chi connectivity index (χ0v) is 9.06. The van der Waals surface area contributed by atoms with Crippen LogP contribution < -0.4 is 5.32 Å². The topological polar surface area (TPSA) is 65.7 Å². The van der Waals surface area contributed by atoms with E-state index >= 15 is 0 Å². The van der Waals surface area contributed by atoms with E-state index in [1.165, 1.54) is 0 Å². The molecule has 88 valence electrons. The summed E-state index contributed by atoms with van der Waals surface area (Å²) in [6.45, 7) is 1.98. The van der Waals surface area contributed by atoms with E-state index in [0.29, 0.717) is 19.5 Å². The van der Waals surface area contributed by atoms with Gasteiger partial charge in [0, 0.05) is 19.7 Å². The summed E-state index contributed by atoms with van der Waals surface area (Å²) in [5.74, 6) is 0.828. The number of rotatable bonds is 4. The van der Waals surface area contributed by atoms with Crippen molar-refractivity contribution in [3.05, 3.63) is 24.2 Å². The Hall–Kier alpha value is -1.33. The van der Waals surface area contributed by atoms with E-state index in [2.05, 4.69) is 5.32 Å². The van der Waals surface area contributed by atoms with Gasteiger partial charge in [0.15, 0.2) is 0 Å². The highest BCUT2D eigenvalue weighted by molar-refractivity contribution is 5.82. The highest BCUT2D eigenvalue weighted by atomic mass is 16.3. The minimum absolute atomic E-state index is 0.0258. The Labute approximate surface area is 94.0 Å². The lowest BCUT2D eigenvalue weighted by atomic mass is 10.1. The molecule has 1 aromatic rings. The number of nitrogens with one attached hydrogen (secondary N) is 1. The lowest BCUT2D eigenvalue weighted by Gasteiger charge is -2.32. The van der Waals surface area contributed by atoms with Crippen molar-refractivity contribution in [2.45, 2.75) is 19.0 Å². The summed E-state index contributed by atoms with van der Waals surface area (Å²) in [4.78, 5) is 13.7. The van der Waals surface area contributed by atoms with E-state index < -0.39 is 0 Å². The highest BCUT2D eigenvalue weighted by Crippen LogP contribution is 2.10. The monoisotopic (exact) mass is 224 g/mol. The molecule has 1 unspecified atom stereocenters. The molecule has 1 aromatic heterocycles. The van der Waals surface area contributed by atoms with Crippen molar-refractivity contribution in [2.75, 3.05) is 19.7 Å². The van der Waals surface area contributed by atoms with E-state index in [1.54, 1.807) is 11.2 Å². The van der Waals surface area contributed by atoms with Crippen LogP contribution in [0.1, 0.15) is 12.2 Å². The Balaban J connectivity index is 1.96. The maximum Gasteiger partial charge on any atom is 0.240 e. The summed E-state index contributed by atoms with van der Waals surface area (Å²) >= 11 is 0. The molecule has 1 aliphatic heterocycles. The lowest BCUT2D eigenvalue weighted by Crippen LogP contribution is -2.54. The molecule has 1 fully saturated rings. The van der Waals surface area contributed by atoms with E-state index in [1.807, 2.05) is 12.1 Å². The normalized spacial score (nSPS) is 21.4. The number of hydrogen-bond acceptors (Lipinski definition) is 4. The SMILES string of the molecule is O=C1C(CCO)NCCN1Cc1ccco1. The van der Waals surface area contributed by atoms with Gasteiger partial charge in [0.25, 0.3) is 0 Å². The molecule has 1 atom stereocenters. The van der Waals surface area contributed by atoms with E-state index in [4.69, 9.17) is 9.52 Å². The van der Waals surface area contributed by atoms with Crippen LogP contribution in [0.15, 0.2) is 22.8 Å². The minimum atomic E-state index is -0.256. The minimum Gasteiger partial charge on any atom is -0.467 e.